The van der Waals surface area contributed by atoms with Gasteiger partial charge >= 0.3 is 0 Å². The van der Waals surface area contributed by atoms with Crippen LogP contribution in [0.1, 0.15) is 0 Å². The summed E-state index contributed by atoms with van der Waals surface area (Å²) in [5.41, 5.74) is 0. The molecule has 0 unspecified atom stereocenters. The van der Waals surface area contributed by atoms with E-state index in [0.29, 0.717) is 19.1 Å². The van der Waals surface area contributed by atoms with Crippen molar-refractivity contribution in [1.29, 1.82) is 0 Å². The zero-order valence-electron chi connectivity index (χ0n) is 9.81. The molecular formula is C10H15IN4O2. The third kappa shape index (κ3) is 5.26. The lowest BCUT2D eigenvalue weighted by Crippen LogP contribution is -2.37. The van der Waals surface area contributed by atoms with Gasteiger partial charge in [-0.3, -0.25) is 4.79 Å². The van der Waals surface area contributed by atoms with Gasteiger partial charge in [-0.05, 0) is 22.6 Å². The highest BCUT2D eigenvalue weighted by molar-refractivity contribution is 14.1. The lowest BCUT2D eigenvalue weighted by Gasteiger charge is -2.16. The minimum absolute atomic E-state index is 0.0771. The average molecular weight is 350 g/mol. The second-order valence-electron chi connectivity index (χ2n) is 3.40. The number of carbonyl (C=O) groups is 1. The summed E-state index contributed by atoms with van der Waals surface area (Å²) in [4.78, 5) is 21.5. The van der Waals surface area contributed by atoms with E-state index in [1.165, 1.54) is 0 Å². The number of carbonyl (C=O) groups excluding carboxylic acids is 1. The van der Waals surface area contributed by atoms with Gasteiger partial charge < -0.3 is 15.0 Å². The van der Waals surface area contributed by atoms with Gasteiger partial charge in [0.05, 0.1) is 13.2 Å². The van der Waals surface area contributed by atoms with Crippen molar-refractivity contribution < 1.29 is 9.53 Å². The number of likely N-dealkylation sites (N-methyl/N-ethyl adjacent to an activating group) is 1. The first-order valence-corrected chi connectivity index (χ1v) is 6.15. The molecule has 1 heterocycles. The second-order valence-corrected chi connectivity index (χ2v) is 4.65. The number of nitrogens with one attached hydrogen (secondary N) is 1. The van der Waals surface area contributed by atoms with E-state index in [2.05, 4.69) is 37.9 Å². The van der Waals surface area contributed by atoms with E-state index in [0.717, 1.165) is 3.57 Å². The molecule has 0 saturated heterocycles. The highest BCUT2D eigenvalue weighted by atomic mass is 127. The first kappa shape index (κ1) is 14.1. The van der Waals surface area contributed by atoms with Crippen LogP contribution in [0.15, 0.2) is 12.4 Å². The molecule has 0 aliphatic rings. The fourth-order valence-electron chi connectivity index (χ4n) is 1.14. The Bertz CT molecular complexity index is 358. The normalized spacial score (nSPS) is 10.1. The van der Waals surface area contributed by atoms with Gasteiger partial charge in [-0.2, -0.15) is 0 Å². The molecule has 0 spiro atoms. The molecule has 0 bridgehead atoms. The van der Waals surface area contributed by atoms with Gasteiger partial charge in [-0.25, -0.2) is 9.97 Å². The molecule has 1 N–H and O–H groups in total. The lowest BCUT2D eigenvalue weighted by molar-refractivity contribution is -0.119. The summed E-state index contributed by atoms with van der Waals surface area (Å²) in [7, 11) is 3.37. The number of hydrogen-bond acceptors (Lipinski definition) is 5. The van der Waals surface area contributed by atoms with Crippen LogP contribution in [-0.2, 0) is 9.53 Å². The molecule has 0 saturated carbocycles. The highest BCUT2D eigenvalue weighted by Crippen LogP contribution is 2.05. The summed E-state index contributed by atoms with van der Waals surface area (Å²) < 4.78 is 5.80. The number of nitrogens with zero attached hydrogens (tertiary/aromatic N) is 3. The molecule has 94 valence electrons. The maximum atomic E-state index is 11.5. The summed E-state index contributed by atoms with van der Waals surface area (Å²) in [6.07, 6.45) is 3.42. The SMILES string of the molecule is COCCNC(=O)CN(C)c1ncc(I)cn1. The second kappa shape index (κ2) is 7.38. The van der Waals surface area contributed by atoms with Gasteiger partial charge in [0.25, 0.3) is 0 Å². The summed E-state index contributed by atoms with van der Waals surface area (Å²) in [6, 6.07) is 0. The van der Waals surface area contributed by atoms with Crippen LogP contribution in [0, 0.1) is 3.57 Å². The molecule has 7 heteroatoms. The smallest absolute Gasteiger partial charge is 0.239 e. The van der Waals surface area contributed by atoms with Crippen LogP contribution < -0.4 is 10.2 Å². The summed E-state index contributed by atoms with van der Waals surface area (Å²) >= 11 is 2.13. The van der Waals surface area contributed by atoms with E-state index in [1.807, 2.05) is 0 Å². The predicted molar refractivity (Wildman–Crippen MR) is 72.9 cm³/mol. The molecule has 0 fully saturated rings. The Morgan fingerprint density at radius 1 is 1.53 bits per heavy atom. The van der Waals surface area contributed by atoms with Crippen molar-refractivity contribution in [2.75, 3.05) is 38.8 Å². The Morgan fingerprint density at radius 2 is 2.18 bits per heavy atom. The average Bonchev–Trinajstić information content (AvgIpc) is 2.30. The van der Waals surface area contributed by atoms with Crippen LogP contribution in [0.5, 0.6) is 0 Å². The summed E-state index contributed by atoms with van der Waals surface area (Å²) in [5, 5.41) is 2.73. The Morgan fingerprint density at radius 3 is 2.76 bits per heavy atom. The summed E-state index contributed by atoms with van der Waals surface area (Å²) in [5.74, 6) is 0.457. The number of rotatable bonds is 6. The van der Waals surface area contributed by atoms with E-state index in [1.54, 1.807) is 31.5 Å². The predicted octanol–water partition coefficient (Wildman–Crippen LogP) is 0.280. The number of aromatic nitrogens is 2. The van der Waals surface area contributed by atoms with Crippen molar-refractivity contribution >= 4 is 34.4 Å². The Balaban J connectivity index is 2.40. The van der Waals surface area contributed by atoms with Crippen LogP contribution >= 0.6 is 22.6 Å². The minimum Gasteiger partial charge on any atom is -0.383 e. The zero-order valence-corrected chi connectivity index (χ0v) is 12.0. The van der Waals surface area contributed by atoms with Crippen molar-refractivity contribution in [3.8, 4) is 0 Å². The Labute approximate surface area is 114 Å². The van der Waals surface area contributed by atoms with Gasteiger partial charge in [0.15, 0.2) is 0 Å². The van der Waals surface area contributed by atoms with Crippen LogP contribution in [0.4, 0.5) is 5.95 Å². The van der Waals surface area contributed by atoms with E-state index >= 15 is 0 Å². The van der Waals surface area contributed by atoms with Gasteiger partial charge in [-0.15, -0.1) is 0 Å². The third-order valence-electron chi connectivity index (χ3n) is 1.96. The van der Waals surface area contributed by atoms with E-state index in [9.17, 15) is 4.79 Å². The van der Waals surface area contributed by atoms with Crippen LogP contribution in [-0.4, -0.2) is 49.7 Å². The number of methoxy groups -OCH3 is 1. The molecule has 17 heavy (non-hydrogen) atoms. The Hall–Kier alpha value is -0.960. The number of hydrogen-bond donors (Lipinski definition) is 1. The maximum absolute atomic E-state index is 11.5. The zero-order chi connectivity index (χ0) is 12.7. The van der Waals surface area contributed by atoms with Crippen molar-refractivity contribution in [1.82, 2.24) is 15.3 Å². The van der Waals surface area contributed by atoms with Gasteiger partial charge in [-0.1, -0.05) is 0 Å². The number of halogens is 1. The van der Waals surface area contributed by atoms with Crippen LogP contribution in [0.3, 0.4) is 0 Å². The first-order chi connectivity index (χ1) is 8.13. The maximum Gasteiger partial charge on any atom is 0.239 e. The van der Waals surface area contributed by atoms with Gasteiger partial charge in [0.1, 0.15) is 0 Å². The number of anilines is 1. The molecule has 1 aromatic rings. The molecule has 6 nitrogen and oxygen atoms in total. The highest BCUT2D eigenvalue weighted by Gasteiger charge is 2.08. The molecular weight excluding hydrogens is 335 g/mol. The summed E-state index contributed by atoms with van der Waals surface area (Å²) in [6.45, 7) is 1.25. The third-order valence-corrected chi connectivity index (χ3v) is 2.51. The standard InChI is InChI=1S/C10H15IN4O2/c1-15(7-9(16)12-3-4-17-2)10-13-5-8(11)6-14-10/h5-6H,3-4,7H2,1-2H3,(H,12,16). The molecule has 1 amide bonds. The molecule has 0 atom stereocenters. The van der Waals surface area contributed by atoms with Crippen LogP contribution in [0.2, 0.25) is 0 Å². The number of ether oxygens (including phenoxy) is 1. The van der Waals surface area contributed by atoms with Crippen molar-refractivity contribution in [2.24, 2.45) is 0 Å². The van der Waals surface area contributed by atoms with Gasteiger partial charge in [0, 0.05) is 36.7 Å². The molecule has 0 radical (unpaired) electrons. The van der Waals surface area contributed by atoms with Crippen molar-refractivity contribution in [3.63, 3.8) is 0 Å². The minimum atomic E-state index is -0.0771. The largest absolute Gasteiger partial charge is 0.383 e. The van der Waals surface area contributed by atoms with E-state index in [-0.39, 0.29) is 12.5 Å². The molecule has 1 aromatic heterocycles. The van der Waals surface area contributed by atoms with E-state index < -0.39 is 0 Å². The molecule has 0 aromatic carbocycles. The van der Waals surface area contributed by atoms with Crippen LogP contribution in [0.25, 0.3) is 0 Å². The number of amides is 1. The van der Waals surface area contributed by atoms with E-state index in [4.69, 9.17) is 4.74 Å². The van der Waals surface area contributed by atoms with Gasteiger partial charge in [0.2, 0.25) is 11.9 Å². The topological polar surface area (TPSA) is 67.3 Å². The lowest BCUT2D eigenvalue weighted by atomic mass is 10.5. The molecule has 0 aliphatic heterocycles. The molecule has 1 rings (SSSR count). The Kier molecular flexibility index (Phi) is 6.12. The fourth-order valence-corrected chi connectivity index (χ4v) is 1.42. The quantitative estimate of drug-likeness (QED) is 0.590. The molecule has 0 aliphatic carbocycles. The first-order valence-electron chi connectivity index (χ1n) is 5.08. The van der Waals surface area contributed by atoms with Crippen molar-refractivity contribution in [2.45, 2.75) is 0 Å². The fraction of sp³-hybridized carbons (Fsp3) is 0.500. The van der Waals surface area contributed by atoms with Crippen molar-refractivity contribution in [3.05, 3.63) is 16.0 Å². The monoisotopic (exact) mass is 350 g/mol.